The topological polar surface area (TPSA) is 35.5 Å². The lowest BCUT2D eigenvalue weighted by atomic mass is 9.96. The average Bonchev–Trinajstić information content (AvgIpc) is 2.51. The number of halogens is 4. The molecule has 0 unspecified atom stereocenters. The van der Waals surface area contributed by atoms with Crippen molar-refractivity contribution >= 4 is 35.6 Å². The summed E-state index contributed by atoms with van der Waals surface area (Å²) in [5.74, 6) is 0.127. The van der Waals surface area contributed by atoms with Crippen molar-refractivity contribution < 1.29 is 13.9 Å². The molecular weight excluding hydrogens is 345 g/mol. The Labute approximate surface area is 146 Å². The first-order valence-corrected chi connectivity index (χ1v) is 7.12. The second-order valence-electron chi connectivity index (χ2n) is 5.28. The van der Waals surface area contributed by atoms with Crippen LogP contribution in [-0.4, -0.2) is 42.6 Å². The van der Waals surface area contributed by atoms with Gasteiger partial charge in [0.05, 0.1) is 6.04 Å². The number of hydrogen-bond donors (Lipinski definition) is 2. The fraction of sp³-hybridized carbons (Fsp3) is 0.375. The molecule has 2 aromatic rings. The predicted molar refractivity (Wildman–Crippen MR) is 93.3 cm³/mol. The van der Waals surface area contributed by atoms with Crippen LogP contribution in [0.2, 0.25) is 0 Å². The van der Waals surface area contributed by atoms with Crippen molar-refractivity contribution in [2.24, 2.45) is 0 Å². The van der Waals surface area contributed by atoms with Gasteiger partial charge in [-0.2, -0.15) is 0 Å². The third-order valence-electron chi connectivity index (χ3n) is 4.04. The smallest absolute Gasteiger partial charge is 0.258 e. The minimum absolute atomic E-state index is 0. The second kappa shape index (κ2) is 8.64. The lowest BCUT2D eigenvalue weighted by molar-refractivity contribution is 0.0189. The van der Waals surface area contributed by atoms with Crippen LogP contribution in [0.25, 0.3) is 10.8 Å². The Hall–Kier alpha value is -1.14. The van der Waals surface area contributed by atoms with Crippen molar-refractivity contribution in [1.82, 2.24) is 10.2 Å². The molecule has 1 aliphatic heterocycles. The molecule has 128 valence electrons. The Kier molecular flexibility index (Phi) is 7.48. The van der Waals surface area contributed by atoms with E-state index in [0.717, 1.165) is 13.1 Å². The first-order valence-electron chi connectivity index (χ1n) is 7.12. The Morgan fingerprint density at radius 1 is 0.957 bits per heavy atom. The van der Waals surface area contributed by atoms with Crippen LogP contribution in [-0.2, 0) is 0 Å². The van der Waals surface area contributed by atoms with Crippen LogP contribution in [0.3, 0.4) is 0 Å². The van der Waals surface area contributed by atoms with E-state index in [-0.39, 0.29) is 30.6 Å². The molecule has 0 aromatic heterocycles. The Bertz CT molecular complexity index is 637. The minimum atomic E-state index is -2.46. The molecular formula is C16H20Cl2F2N2O. The van der Waals surface area contributed by atoms with Crippen molar-refractivity contribution in [2.45, 2.75) is 12.5 Å². The van der Waals surface area contributed by atoms with Gasteiger partial charge in [0.25, 0.3) is 6.43 Å². The van der Waals surface area contributed by atoms with Gasteiger partial charge in [-0.25, -0.2) is 8.78 Å². The number of benzene rings is 2. The highest BCUT2D eigenvalue weighted by Gasteiger charge is 2.31. The number of phenols is 1. The van der Waals surface area contributed by atoms with E-state index in [0.29, 0.717) is 29.4 Å². The van der Waals surface area contributed by atoms with E-state index in [4.69, 9.17) is 0 Å². The van der Waals surface area contributed by atoms with E-state index in [9.17, 15) is 13.9 Å². The third kappa shape index (κ3) is 4.04. The highest BCUT2D eigenvalue weighted by molar-refractivity contribution is 5.91. The molecule has 1 saturated heterocycles. The quantitative estimate of drug-likeness (QED) is 0.873. The first-order chi connectivity index (χ1) is 10.2. The standard InChI is InChI=1S/C16H18F2N2O.2ClH/c17-16(18)15(20-9-7-19-8-10-20)13-5-6-14(21)12-4-2-1-3-11(12)13;;/h1-6,15-16,19,21H,7-10H2;2*1H/t15-;;/m0../s1. The second-order valence-corrected chi connectivity index (χ2v) is 5.28. The number of nitrogens with zero attached hydrogens (tertiary/aromatic N) is 1. The van der Waals surface area contributed by atoms with Crippen LogP contribution in [0.4, 0.5) is 8.78 Å². The van der Waals surface area contributed by atoms with Crippen molar-refractivity contribution in [1.29, 1.82) is 0 Å². The molecule has 1 heterocycles. The van der Waals surface area contributed by atoms with E-state index in [1.165, 1.54) is 6.07 Å². The van der Waals surface area contributed by atoms with Gasteiger partial charge in [-0.1, -0.05) is 30.3 Å². The summed E-state index contributed by atoms with van der Waals surface area (Å²) in [6.07, 6.45) is -2.46. The Morgan fingerprint density at radius 3 is 2.17 bits per heavy atom. The molecule has 1 aliphatic rings. The number of alkyl halides is 2. The van der Waals surface area contributed by atoms with Crippen LogP contribution in [0.5, 0.6) is 5.75 Å². The maximum Gasteiger partial charge on any atom is 0.258 e. The number of aromatic hydroxyl groups is 1. The molecule has 23 heavy (non-hydrogen) atoms. The fourth-order valence-electron chi connectivity index (χ4n) is 3.02. The Morgan fingerprint density at radius 2 is 1.57 bits per heavy atom. The monoisotopic (exact) mass is 364 g/mol. The number of rotatable bonds is 3. The van der Waals surface area contributed by atoms with E-state index in [2.05, 4.69) is 5.32 Å². The van der Waals surface area contributed by atoms with Gasteiger partial charge in [-0.3, -0.25) is 4.90 Å². The number of phenolic OH excluding ortho intramolecular Hbond substituents is 1. The zero-order chi connectivity index (χ0) is 14.8. The van der Waals surface area contributed by atoms with Gasteiger partial charge in [-0.05, 0) is 17.0 Å². The molecule has 0 bridgehead atoms. The fourth-order valence-corrected chi connectivity index (χ4v) is 3.02. The van der Waals surface area contributed by atoms with Gasteiger partial charge in [0.1, 0.15) is 5.75 Å². The summed E-state index contributed by atoms with van der Waals surface area (Å²) in [5, 5.41) is 14.4. The number of hydrogen-bond acceptors (Lipinski definition) is 3. The minimum Gasteiger partial charge on any atom is -0.507 e. The van der Waals surface area contributed by atoms with Crippen molar-refractivity contribution in [3.05, 3.63) is 42.0 Å². The van der Waals surface area contributed by atoms with Crippen molar-refractivity contribution in [2.75, 3.05) is 26.2 Å². The van der Waals surface area contributed by atoms with E-state index < -0.39 is 12.5 Å². The summed E-state index contributed by atoms with van der Waals surface area (Å²) in [5.41, 5.74) is 0.584. The zero-order valence-electron chi connectivity index (χ0n) is 12.4. The summed E-state index contributed by atoms with van der Waals surface area (Å²) < 4.78 is 27.3. The molecule has 0 radical (unpaired) electrons. The van der Waals surface area contributed by atoms with Crippen LogP contribution < -0.4 is 5.32 Å². The normalized spacial score (nSPS) is 16.7. The molecule has 3 rings (SSSR count). The molecule has 2 aromatic carbocycles. The van der Waals surface area contributed by atoms with Crippen molar-refractivity contribution in [3.8, 4) is 5.75 Å². The third-order valence-corrected chi connectivity index (χ3v) is 4.04. The molecule has 0 saturated carbocycles. The van der Waals surface area contributed by atoms with Crippen molar-refractivity contribution in [3.63, 3.8) is 0 Å². The predicted octanol–water partition coefficient (Wildman–Crippen LogP) is 3.60. The molecule has 0 amide bonds. The van der Waals surface area contributed by atoms with Crippen LogP contribution in [0.15, 0.2) is 36.4 Å². The van der Waals surface area contributed by atoms with E-state index in [1.54, 1.807) is 24.3 Å². The summed E-state index contributed by atoms with van der Waals surface area (Å²) in [7, 11) is 0. The first kappa shape index (κ1) is 19.9. The number of piperazine rings is 1. The molecule has 1 atom stereocenters. The number of fused-ring (bicyclic) bond motifs is 1. The van der Waals surface area contributed by atoms with Crippen LogP contribution in [0.1, 0.15) is 11.6 Å². The van der Waals surface area contributed by atoms with Gasteiger partial charge in [0, 0.05) is 31.6 Å². The lowest BCUT2D eigenvalue weighted by Crippen LogP contribution is -2.46. The van der Waals surface area contributed by atoms with Gasteiger partial charge in [0.2, 0.25) is 0 Å². The number of nitrogens with one attached hydrogen (secondary N) is 1. The SMILES string of the molecule is Cl.Cl.Oc1ccc([C@@H](C(F)F)N2CCNCC2)c2ccccc12. The van der Waals surface area contributed by atoms with Crippen LogP contribution in [0, 0.1) is 0 Å². The largest absolute Gasteiger partial charge is 0.507 e. The maximum absolute atomic E-state index is 13.7. The summed E-state index contributed by atoms with van der Waals surface area (Å²) >= 11 is 0. The maximum atomic E-state index is 13.7. The molecule has 0 aliphatic carbocycles. The molecule has 3 nitrogen and oxygen atoms in total. The summed E-state index contributed by atoms with van der Waals surface area (Å²) in [6, 6.07) is 9.36. The van der Waals surface area contributed by atoms with E-state index in [1.807, 2.05) is 11.0 Å². The van der Waals surface area contributed by atoms with Gasteiger partial charge in [-0.15, -0.1) is 24.8 Å². The summed E-state index contributed by atoms with van der Waals surface area (Å²) in [6.45, 7) is 2.65. The van der Waals surface area contributed by atoms with Gasteiger partial charge < -0.3 is 10.4 Å². The highest BCUT2D eigenvalue weighted by atomic mass is 35.5. The molecule has 0 spiro atoms. The molecule has 1 fully saturated rings. The summed E-state index contributed by atoms with van der Waals surface area (Å²) in [4.78, 5) is 1.82. The van der Waals surface area contributed by atoms with Crippen LogP contribution >= 0.6 is 24.8 Å². The van der Waals surface area contributed by atoms with Gasteiger partial charge in [0.15, 0.2) is 0 Å². The average molecular weight is 365 g/mol. The lowest BCUT2D eigenvalue weighted by Gasteiger charge is -2.35. The molecule has 2 N–H and O–H groups in total. The molecule has 7 heteroatoms. The van der Waals surface area contributed by atoms with E-state index >= 15 is 0 Å². The highest BCUT2D eigenvalue weighted by Crippen LogP contribution is 2.36. The Balaban J connectivity index is 0.00000132. The zero-order valence-corrected chi connectivity index (χ0v) is 14.0. The van der Waals surface area contributed by atoms with Gasteiger partial charge >= 0.3 is 0 Å².